The van der Waals surface area contributed by atoms with Crippen LogP contribution in [-0.4, -0.2) is 30.8 Å². The third-order valence-electron chi connectivity index (χ3n) is 3.64. The molecule has 0 aliphatic heterocycles. The van der Waals surface area contributed by atoms with Gasteiger partial charge in [0, 0.05) is 44.7 Å². The second kappa shape index (κ2) is 9.16. The van der Waals surface area contributed by atoms with E-state index in [1.807, 2.05) is 55.5 Å². The van der Waals surface area contributed by atoms with Crippen LogP contribution < -0.4 is 0 Å². The zero-order chi connectivity index (χ0) is 18.5. The van der Waals surface area contributed by atoms with Crippen molar-refractivity contribution in [2.45, 2.75) is 6.92 Å². The molecule has 2 aromatic heterocycles. The van der Waals surface area contributed by atoms with E-state index < -0.39 is 5.97 Å². The fraction of sp³-hybridized carbons (Fsp3) is 0.100. The van der Waals surface area contributed by atoms with Crippen molar-refractivity contribution in [1.82, 2.24) is 19.7 Å². The fourth-order valence-electron chi connectivity index (χ4n) is 2.41. The van der Waals surface area contributed by atoms with Crippen molar-refractivity contribution < 1.29 is 30.0 Å². The molecule has 0 atom stereocenters. The van der Waals surface area contributed by atoms with Gasteiger partial charge in [0.15, 0.2) is 5.69 Å². The molecule has 139 valence electrons. The minimum Gasteiger partial charge on any atom is -0.476 e. The number of benzene rings is 2. The van der Waals surface area contributed by atoms with E-state index in [2.05, 4.69) is 21.1 Å². The molecule has 1 radical (unpaired) electrons. The number of nitrogens with zero attached hydrogens (tertiary/aromatic N) is 4. The molecule has 6 nitrogen and oxygen atoms in total. The summed E-state index contributed by atoms with van der Waals surface area (Å²) in [6, 6.07) is 20.4. The summed E-state index contributed by atoms with van der Waals surface area (Å²) in [7, 11) is 1.67. The number of hydrogen-bond donors (Lipinski definition) is 1. The van der Waals surface area contributed by atoms with Gasteiger partial charge in [0.1, 0.15) is 0 Å². The first-order valence-electron chi connectivity index (χ1n) is 7.98. The summed E-state index contributed by atoms with van der Waals surface area (Å²) < 4.78 is 1.45. The minimum atomic E-state index is -0.990. The van der Waals surface area contributed by atoms with Crippen molar-refractivity contribution in [2.24, 2.45) is 7.05 Å². The van der Waals surface area contributed by atoms with Crippen LogP contribution >= 0.6 is 0 Å². The molecule has 0 bridgehead atoms. The van der Waals surface area contributed by atoms with Gasteiger partial charge in [-0.25, -0.2) is 4.79 Å². The summed E-state index contributed by atoms with van der Waals surface area (Å²) in [5, 5.41) is 11.9. The van der Waals surface area contributed by atoms with E-state index in [9.17, 15) is 4.79 Å². The molecule has 0 amide bonds. The van der Waals surface area contributed by atoms with Crippen LogP contribution in [0, 0.1) is 13.0 Å². The summed E-state index contributed by atoms with van der Waals surface area (Å²) in [4.78, 5) is 19.4. The van der Waals surface area contributed by atoms with Crippen LogP contribution in [0.4, 0.5) is 0 Å². The molecular formula is C20H17IrN4O2-. The number of aromatic carboxylic acids is 1. The number of aromatic nitrogens is 4. The van der Waals surface area contributed by atoms with Crippen LogP contribution in [0.3, 0.4) is 0 Å². The van der Waals surface area contributed by atoms with E-state index in [-0.39, 0.29) is 25.8 Å². The standard InChI is InChI=1S/C15H11N2.C5H6N2O2.Ir/c1-11-15(12-7-3-2-4-8-12)17-14-10-6-5-9-13(14)16-11;1-7-3-2-4(6-7)5(8)9;/h2-7,9-10H,1H3;2-3H,1H3,(H,8,9);/q-1;;. The molecule has 2 heterocycles. The van der Waals surface area contributed by atoms with Crippen LogP contribution in [0.5, 0.6) is 0 Å². The quantitative estimate of drug-likeness (QED) is 0.396. The van der Waals surface area contributed by atoms with Crippen LogP contribution in [0.15, 0.2) is 60.8 Å². The molecule has 1 N–H and O–H groups in total. The normalized spacial score (nSPS) is 9.85. The molecule has 0 unspecified atom stereocenters. The first-order chi connectivity index (χ1) is 12.5. The first kappa shape index (κ1) is 20.4. The maximum atomic E-state index is 10.1. The van der Waals surface area contributed by atoms with Crippen molar-refractivity contribution in [3.05, 3.63) is 78.2 Å². The van der Waals surface area contributed by atoms with E-state index in [0.717, 1.165) is 28.0 Å². The summed E-state index contributed by atoms with van der Waals surface area (Å²) in [5.74, 6) is -0.990. The monoisotopic (exact) mass is 538 g/mol. The molecule has 2 aromatic carbocycles. The number of fused-ring (bicyclic) bond motifs is 1. The predicted molar refractivity (Wildman–Crippen MR) is 98.7 cm³/mol. The second-order valence-electron chi connectivity index (χ2n) is 5.60. The van der Waals surface area contributed by atoms with Gasteiger partial charge in [-0.05, 0) is 25.1 Å². The van der Waals surface area contributed by atoms with Crippen LogP contribution in [0.25, 0.3) is 22.3 Å². The van der Waals surface area contributed by atoms with Crippen molar-refractivity contribution in [3.8, 4) is 11.3 Å². The number of hydrogen-bond acceptors (Lipinski definition) is 4. The molecule has 0 aliphatic rings. The number of carboxylic acid groups (broad SMARTS) is 1. The minimum absolute atomic E-state index is 0. The Balaban J connectivity index is 0.000000224. The van der Waals surface area contributed by atoms with Gasteiger partial charge in [-0.1, -0.05) is 12.1 Å². The van der Waals surface area contributed by atoms with Crippen LogP contribution in [-0.2, 0) is 27.2 Å². The van der Waals surface area contributed by atoms with Gasteiger partial charge in [-0.3, -0.25) is 14.6 Å². The molecule has 0 fully saturated rings. The molecular weight excluding hydrogens is 520 g/mol. The van der Waals surface area contributed by atoms with Gasteiger partial charge in [-0.15, -0.1) is 35.9 Å². The van der Waals surface area contributed by atoms with Crippen LogP contribution in [0.1, 0.15) is 16.2 Å². The number of para-hydroxylation sites is 2. The third-order valence-corrected chi connectivity index (χ3v) is 3.64. The van der Waals surface area contributed by atoms with Crippen molar-refractivity contribution in [1.29, 1.82) is 0 Å². The van der Waals surface area contributed by atoms with Crippen molar-refractivity contribution in [3.63, 3.8) is 0 Å². The Morgan fingerprint density at radius 3 is 2.22 bits per heavy atom. The molecule has 0 aliphatic carbocycles. The van der Waals surface area contributed by atoms with E-state index >= 15 is 0 Å². The zero-order valence-corrected chi connectivity index (χ0v) is 17.1. The number of aryl methyl sites for hydroxylation is 2. The number of carboxylic acids is 1. The van der Waals surface area contributed by atoms with Gasteiger partial charge in [0.05, 0.1) is 11.0 Å². The van der Waals surface area contributed by atoms with Crippen LogP contribution in [0.2, 0.25) is 0 Å². The Morgan fingerprint density at radius 1 is 1.04 bits per heavy atom. The summed E-state index contributed by atoms with van der Waals surface area (Å²) in [6.07, 6.45) is 1.59. The molecule has 4 aromatic rings. The first-order valence-corrected chi connectivity index (χ1v) is 7.98. The summed E-state index contributed by atoms with van der Waals surface area (Å²) in [5.41, 5.74) is 4.77. The maximum Gasteiger partial charge on any atom is 0.356 e. The van der Waals surface area contributed by atoms with E-state index in [0.29, 0.717) is 0 Å². The van der Waals surface area contributed by atoms with Crippen molar-refractivity contribution in [2.75, 3.05) is 0 Å². The maximum absolute atomic E-state index is 10.1. The Bertz CT molecular complexity index is 1050. The molecule has 0 spiro atoms. The SMILES string of the molecule is Cc1nc2ccccc2nc1-c1[c-]cccc1.Cn1ccc(C(=O)O)n1.[Ir]. The van der Waals surface area contributed by atoms with Gasteiger partial charge < -0.3 is 5.11 Å². The average molecular weight is 538 g/mol. The van der Waals surface area contributed by atoms with Gasteiger partial charge in [-0.2, -0.15) is 5.10 Å². The molecule has 27 heavy (non-hydrogen) atoms. The van der Waals surface area contributed by atoms with E-state index in [1.165, 1.54) is 10.7 Å². The Kier molecular flexibility index (Phi) is 6.93. The van der Waals surface area contributed by atoms with E-state index in [4.69, 9.17) is 5.11 Å². The second-order valence-corrected chi connectivity index (χ2v) is 5.60. The van der Waals surface area contributed by atoms with Crippen molar-refractivity contribution >= 4 is 17.0 Å². The zero-order valence-electron chi connectivity index (χ0n) is 14.8. The van der Waals surface area contributed by atoms with Gasteiger partial charge in [0.2, 0.25) is 0 Å². The molecule has 4 rings (SSSR count). The summed E-state index contributed by atoms with van der Waals surface area (Å²) >= 11 is 0. The van der Waals surface area contributed by atoms with E-state index in [1.54, 1.807) is 13.2 Å². The van der Waals surface area contributed by atoms with Gasteiger partial charge in [0.25, 0.3) is 0 Å². The number of carbonyl (C=O) groups is 1. The molecule has 0 saturated carbocycles. The third kappa shape index (κ3) is 5.06. The Morgan fingerprint density at radius 2 is 1.70 bits per heavy atom. The smallest absolute Gasteiger partial charge is 0.356 e. The number of rotatable bonds is 2. The molecule has 7 heteroatoms. The Hall–Kier alpha value is -2.89. The summed E-state index contributed by atoms with van der Waals surface area (Å²) in [6.45, 7) is 1.98. The van der Waals surface area contributed by atoms with Gasteiger partial charge >= 0.3 is 5.97 Å². The fourth-order valence-corrected chi connectivity index (χ4v) is 2.41. The average Bonchev–Trinajstić information content (AvgIpc) is 3.09. The molecule has 0 saturated heterocycles. The largest absolute Gasteiger partial charge is 0.476 e. The predicted octanol–water partition coefficient (Wildman–Crippen LogP) is 3.52. The topological polar surface area (TPSA) is 80.9 Å². The Labute approximate surface area is 170 Å².